The fourth-order valence-electron chi connectivity index (χ4n) is 6.21. The minimum Gasteiger partial charge on any atom is -0.489 e. The molecule has 1 saturated heterocycles. The second-order valence-electron chi connectivity index (χ2n) is 10.2. The van der Waals surface area contributed by atoms with Gasteiger partial charge in [0.2, 0.25) is 10.0 Å². The van der Waals surface area contributed by atoms with E-state index in [2.05, 4.69) is 16.7 Å². The summed E-state index contributed by atoms with van der Waals surface area (Å²) in [6.45, 7) is 0.171. The van der Waals surface area contributed by atoms with E-state index in [0.29, 0.717) is 18.5 Å². The van der Waals surface area contributed by atoms with E-state index >= 15 is 0 Å². The first kappa shape index (κ1) is 21.5. The van der Waals surface area contributed by atoms with Gasteiger partial charge in [0.05, 0.1) is 5.75 Å². The molecule has 1 heterocycles. The number of sulfonamides is 1. The minimum absolute atomic E-state index is 0.0628. The molecule has 0 bridgehead atoms. The average Bonchev–Trinajstić information content (AvgIpc) is 3.69. The van der Waals surface area contributed by atoms with Crippen molar-refractivity contribution in [2.75, 3.05) is 26.0 Å². The Labute approximate surface area is 193 Å². The van der Waals surface area contributed by atoms with Gasteiger partial charge in [-0.05, 0) is 85.5 Å². The average molecular weight is 475 g/mol. The standard InChI is InChI=1S/C25H28F2N2O3S/c1-29-23-24(29)25(23)13-17-11-21(27)22(32-8-7-28-33(30,31)14-15-5-6-15)12-19(17)20(25)10-16-3-2-4-18(26)9-16/h2-4,9,11-12,15,20,23-24,28H,5-8,10,13-14H2,1H3. The third kappa shape index (κ3) is 3.76. The van der Waals surface area contributed by atoms with Crippen molar-refractivity contribution in [3.8, 4) is 5.75 Å². The summed E-state index contributed by atoms with van der Waals surface area (Å²) in [7, 11) is -1.20. The molecule has 4 aliphatic rings. The van der Waals surface area contributed by atoms with E-state index in [-0.39, 0.29) is 47.7 Å². The Bertz CT molecular complexity index is 1200. The third-order valence-corrected chi connectivity index (χ3v) is 9.51. The number of nitrogens with zero attached hydrogens (tertiary/aromatic N) is 1. The van der Waals surface area contributed by atoms with Crippen LogP contribution in [0.15, 0.2) is 36.4 Å². The molecule has 1 N–H and O–H groups in total. The largest absolute Gasteiger partial charge is 0.489 e. The van der Waals surface area contributed by atoms with Crippen LogP contribution >= 0.6 is 0 Å². The molecule has 33 heavy (non-hydrogen) atoms. The fraction of sp³-hybridized carbons (Fsp3) is 0.520. The summed E-state index contributed by atoms with van der Waals surface area (Å²) < 4.78 is 60.9. The van der Waals surface area contributed by atoms with Crippen LogP contribution in [0, 0.1) is 23.0 Å². The van der Waals surface area contributed by atoms with Gasteiger partial charge in [0.25, 0.3) is 0 Å². The van der Waals surface area contributed by atoms with Crippen LogP contribution in [0.5, 0.6) is 5.75 Å². The Hall–Kier alpha value is -2.03. The van der Waals surface area contributed by atoms with Crippen molar-refractivity contribution in [2.24, 2.45) is 11.3 Å². The minimum atomic E-state index is -3.31. The highest BCUT2D eigenvalue weighted by Gasteiger charge is 2.84. The molecule has 2 aromatic rings. The topological polar surface area (TPSA) is 58.4 Å². The van der Waals surface area contributed by atoms with Crippen LogP contribution in [0.1, 0.15) is 35.4 Å². The molecule has 176 valence electrons. The lowest BCUT2D eigenvalue weighted by atomic mass is 9.81. The second-order valence-corrected chi connectivity index (χ2v) is 12.0. The highest BCUT2D eigenvalue weighted by molar-refractivity contribution is 7.89. The SMILES string of the molecule is CN1C2C1C21Cc2cc(F)c(OCCNS(=O)(=O)CC3CC3)cc2C1Cc1cccc(F)c1. The van der Waals surface area contributed by atoms with Crippen LogP contribution in [-0.2, 0) is 22.9 Å². The number of hydrogen-bond donors (Lipinski definition) is 1. The van der Waals surface area contributed by atoms with Crippen molar-refractivity contribution in [3.05, 3.63) is 64.7 Å². The molecule has 0 aromatic heterocycles. The van der Waals surface area contributed by atoms with Gasteiger partial charge in [-0.15, -0.1) is 0 Å². The number of rotatable bonds is 9. The smallest absolute Gasteiger partial charge is 0.211 e. The first-order chi connectivity index (χ1) is 15.8. The van der Waals surface area contributed by atoms with E-state index in [1.54, 1.807) is 24.3 Å². The molecule has 3 fully saturated rings. The van der Waals surface area contributed by atoms with Gasteiger partial charge in [0, 0.05) is 24.0 Å². The van der Waals surface area contributed by atoms with Crippen molar-refractivity contribution in [2.45, 2.75) is 43.7 Å². The number of nitrogens with one attached hydrogen (secondary N) is 1. The molecule has 1 spiro atoms. The van der Waals surface area contributed by atoms with Gasteiger partial charge in [-0.3, -0.25) is 4.90 Å². The van der Waals surface area contributed by atoms with Crippen LogP contribution < -0.4 is 9.46 Å². The van der Waals surface area contributed by atoms with E-state index in [4.69, 9.17) is 4.74 Å². The summed E-state index contributed by atoms with van der Waals surface area (Å²) in [4.78, 5) is 2.34. The normalized spacial score (nSPS) is 31.4. The second kappa shape index (κ2) is 7.48. The summed E-state index contributed by atoms with van der Waals surface area (Å²) in [5, 5.41) is 0. The first-order valence-corrected chi connectivity index (χ1v) is 13.3. The zero-order chi connectivity index (χ0) is 23.0. The van der Waals surface area contributed by atoms with Gasteiger partial charge < -0.3 is 4.74 Å². The molecule has 3 aliphatic carbocycles. The summed E-state index contributed by atoms with van der Waals surface area (Å²) in [5.41, 5.74) is 3.13. The molecule has 2 saturated carbocycles. The maximum atomic E-state index is 14.8. The van der Waals surface area contributed by atoms with Gasteiger partial charge in [-0.25, -0.2) is 21.9 Å². The van der Waals surface area contributed by atoms with Gasteiger partial charge in [0.15, 0.2) is 11.6 Å². The molecule has 3 unspecified atom stereocenters. The van der Waals surface area contributed by atoms with Crippen LogP contribution in [-0.4, -0.2) is 51.4 Å². The lowest BCUT2D eigenvalue weighted by Gasteiger charge is -2.29. The zero-order valence-corrected chi connectivity index (χ0v) is 19.4. The Morgan fingerprint density at radius 3 is 2.67 bits per heavy atom. The Kier molecular flexibility index (Phi) is 4.88. The van der Waals surface area contributed by atoms with Crippen LogP contribution in [0.4, 0.5) is 8.78 Å². The molecule has 3 atom stereocenters. The number of likely N-dealkylation sites (tertiary alicyclic amines) is 1. The molecule has 0 radical (unpaired) electrons. The number of likely N-dealkylation sites (N-methyl/N-ethyl adjacent to an activating group) is 1. The molecule has 6 rings (SSSR count). The molecular formula is C25H28F2N2O3S. The van der Waals surface area contributed by atoms with Gasteiger partial charge in [-0.1, -0.05) is 12.1 Å². The Morgan fingerprint density at radius 1 is 1.18 bits per heavy atom. The quantitative estimate of drug-likeness (QED) is 0.448. The number of fused-ring (bicyclic) bond motifs is 4. The zero-order valence-electron chi connectivity index (χ0n) is 18.6. The van der Waals surface area contributed by atoms with Gasteiger partial charge in [-0.2, -0.15) is 0 Å². The molecule has 8 heteroatoms. The lowest BCUT2D eigenvalue weighted by Crippen LogP contribution is -2.31. The van der Waals surface area contributed by atoms with Crippen LogP contribution in [0.25, 0.3) is 0 Å². The van der Waals surface area contributed by atoms with Gasteiger partial charge in [0.1, 0.15) is 12.4 Å². The predicted octanol–water partition coefficient (Wildman–Crippen LogP) is 3.24. The molecule has 2 aromatic carbocycles. The number of halogens is 2. The van der Waals surface area contributed by atoms with Crippen LogP contribution in [0.3, 0.4) is 0 Å². The highest BCUT2D eigenvalue weighted by Crippen LogP contribution is 2.76. The van der Waals surface area contributed by atoms with Crippen molar-refractivity contribution in [1.29, 1.82) is 0 Å². The van der Waals surface area contributed by atoms with E-state index in [1.165, 1.54) is 6.07 Å². The molecular weight excluding hydrogens is 446 g/mol. The van der Waals surface area contributed by atoms with Crippen molar-refractivity contribution in [1.82, 2.24) is 9.62 Å². The monoisotopic (exact) mass is 474 g/mol. The fourth-order valence-corrected chi connectivity index (χ4v) is 7.67. The Balaban J connectivity index is 1.18. The van der Waals surface area contributed by atoms with Crippen LogP contribution in [0.2, 0.25) is 0 Å². The van der Waals surface area contributed by atoms with Crippen molar-refractivity contribution < 1.29 is 21.9 Å². The molecule has 5 nitrogen and oxygen atoms in total. The van der Waals surface area contributed by atoms with E-state index in [9.17, 15) is 17.2 Å². The summed E-state index contributed by atoms with van der Waals surface area (Å²) >= 11 is 0. The summed E-state index contributed by atoms with van der Waals surface area (Å²) in [6.07, 6.45) is 3.47. The number of ether oxygens (including phenoxy) is 1. The van der Waals surface area contributed by atoms with E-state index in [0.717, 1.165) is 36.0 Å². The predicted molar refractivity (Wildman–Crippen MR) is 121 cm³/mol. The summed E-state index contributed by atoms with van der Waals surface area (Å²) in [6, 6.07) is 11.1. The summed E-state index contributed by atoms with van der Waals surface area (Å²) in [5.74, 6) is 0.0945. The van der Waals surface area contributed by atoms with Gasteiger partial charge >= 0.3 is 0 Å². The number of benzene rings is 2. The maximum Gasteiger partial charge on any atom is 0.211 e. The molecule has 0 amide bonds. The van der Waals surface area contributed by atoms with E-state index < -0.39 is 15.8 Å². The first-order valence-electron chi connectivity index (χ1n) is 11.7. The third-order valence-electron chi connectivity index (χ3n) is 7.96. The van der Waals surface area contributed by atoms with Crippen molar-refractivity contribution in [3.63, 3.8) is 0 Å². The lowest BCUT2D eigenvalue weighted by molar-refractivity contribution is 0.226. The van der Waals surface area contributed by atoms with E-state index in [1.807, 2.05) is 6.07 Å². The van der Waals surface area contributed by atoms with Crippen molar-refractivity contribution >= 4 is 10.0 Å². The number of hydrogen-bond acceptors (Lipinski definition) is 4. The maximum absolute atomic E-state index is 14.8. The highest BCUT2D eigenvalue weighted by atomic mass is 32.2. The Morgan fingerprint density at radius 2 is 1.97 bits per heavy atom. The molecule has 1 aliphatic heterocycles.